The van der Waals surface area contributed by atoms with Crippen LogP contribution >= 0.6 is 11.3 Å². The number of benzene rings is 2. The molecule has 0 unspecified atom stereocenters. The number of likely N-dealkylation sites (tertiary alicyclic amines) is 2. The molecule has 14 heteroatoms. The summed E-state index contributed by atoms with van der Waals surface area (Å²) >= 11 is 1.69. The minimum atomic E-state index is -1.17. The minimum absolute atomic E-state index is 0.0331. The van der Waals surface area contributed by atoms with E-state index in [9.17, 15) is 14.7 Å². The number of amides is 1. The van der Waals surface area contributed by atoms with Crippen molar-refractivity contribution >= 4 is 28.3 Å². The van der Waals surface area contributed by atoms with Crippen LogP contribution in [-0.4, -0.2) is 98.0 Å². The lowest BCUT2D eigenvalue weighted by Crippen LogP contribution is -2.53. The number of aryl methyl sites for hydroxylation is 1. The molecular formula is C43H47N7O6S. The van der Waals surface area contributed by atoms with E-state index in [1.165, 1.54) is 15.8 Å². The van der Waals surface area contributed by atoms with Crippen LogP contribution < -0.4 is 19.8 Å². The molecule has 57 heavy (non-hydrogen) atoms. The van der Waals surface area contributed by atoms with Gasteiger partial charge >= 0.3 is 0 Å². The van der Waals surface area contributed by atoms with Crippen LogP contribution in [0.25, 0.3) is 27.3 Å². The molecule has 0 bridgehead atoms. The molecule has 2 aliphatic heterocycles. The van der Waals surface area contributed by atoms with Crippen LogP contribution in [0, 0.1) is 12.8 Å². The predicted octanol–water partition coefficient (Wildman–Crippen LogP) is 5.70. The summed E-state index contributed by atoms with van der Waals surface area (Å²) in [5, 5.41) is 13.2. The number of rotatable bonds is 11. The summed E-state index contributed by atoms with van der Waals surface area (Å²) in [5.41, 5.74) is 2.89. The van der Waals surface area contributed by atoms with Crippen molar-refractivity contribution in [3.8, 4) is 33.5 Å². The average Bonchev–Trinajstić information content (AvgIpc) is 3.90. The number of aliphatic hydroxyl groups is 1. The summed E-state index contributed by atoms with van der Waals surface area (Å²) in [6.45, 7) is 5.22. The van der Waals surface area contributed by atoms with E-state index < -0.39 is 5.60 Å². The first-order valence-electron chi connectivity index (χ1n) is 19.2. The van der Waals surface area contributed by atoms with E-state index in [-0.39, 0.29) is 29.8 Å². The number of aromatic nitrogens is 5. The van der Waals surface area contributed by atoms with Gasteiger partial charge in [-0.2, -0.15) is 0 Å². The first-order chi connectivity index (χ1) is 27.7. The van der Waals surface area contributed by atoms with E-state index in [1.807, 2.05) is 48.5 Å². The van der Waals surface area contributed by atoms with Crippen LogP contribution in [0.2, 0.25) is 0 Å². The molecule has 2 fully saturated rings. The Balaban J connectivity index is 0.934. The number of methoxy groups -OCH3 is 3. The summed E-state index contributed by atoms with van der Waals surface area (Å²) in [7, 11) is 4.64. The SMILES string of the molecule is COc1cc(-n2ccc3c(=O)n(CC4(O)CCN(C(=O)[C@@H]5CCN(Cc6cnc(-c7ccc(C)nc7)s6)C[C@H]5c5ccccc5)CC4)cnc32)cc(OC)c1OC. The monoisotopic (exact) mass is 789 g/mol. The number of ether oxygens (including phenoxy) is 3. The highest BCUT2D eigenvalue weighted by atomic mass is 32.1. The zero-order valence-corrected chi connectivity index (χ0v) is 33.4. The largest absolute Gasteiger partial charge is 0.493 e. The molecule has 2 aromatic carbocycles. The van der Waals surface area contributed by atoms with Gasteiger partial charge in [-0.1, -0.05) is 30.3 Å². The molecule has 0 saturated carbocycles. The number of hydrogen-bond acceptors (Lipinski definition) is 11. The van der Waals surface area contributed by atoms with Gasteiger partial charge in [0.15, 0.2) is 17.1 Å². The van der Waals surface area contributed by atoms with E-state index in [1.54, 1.807) is 61.6 Å². The molecule has 6 heterocycles. The maximum absolute atomic E-state index is 14.3. The molecule has 4 aromatic heterocycles. The van der Waals surface area contributed by atoms with Crippen molar-refractivity contribution in [3.63, 3.8) is 0 Å². The molecule has 2 atom stereocenters. The number of thiazole rings is 1. The second kappa shape index (κ2) is 16.1. The van der Waals surface area contributed by atoms with Gasteiger partial charge in [0, 0.05) is 84.9 Å². The Morgan fingerprint density at radius 2 is 1.68 bits per heavy atom. The molecular weight excluding hydrogens is 743 g/mol. The Kier molecular flexibility index (Phi) is 10.8. The third kappa shape index (κ3) is 7.76. The molecule has 0 aliphatic carbocycles. The molecule has 6 aromatic rings. The molecule has 296 valence electrons. The number of carbonyl (C=O) groups excluding carboxylic acids is 1. The van der Waals surface area contributed by atoms with Crippen molar-refractivity contribution in [2.24, 2.45) is 5.92 Å². The van der Waals surface area contributed by atoms with Gasteiger partial charge in [-0.25, -0.2) is 9.97 Å². The number of carbonyl (C=O) groups is 1. The summed E-state index contributed by atoms with van der Waals surface area (Å²) in [5.74, 6) is 1.42. The lowest BCUT2D eigenvalue weighted by atomic mass is 9.79. The van der Waals surface area contributed by atoms with Gasteiger partial charge in [-0.05, 0) is 56.5 Å². The quantitative estimate of drug-likeness (QED) is 0.174. The third-order valence-corrected chi connectivity index (χ3v) is 12.4. The number of pyridine rings is 1. The summed E-state index contributed by atoms with van der Waals surface area (Å²) in [6, 6.07) is 19.7. The molecule has 0 radical (unpaired) electrons. The van der Waals surface area contributed by atoms with Crippen LogP contribution in [0.4, 0.5) is 0 Å². The van der Waals surface area contributed by atoms with E-state index in [0.29, 0.717) is 59.9 Å². The zero-order chi connectivity index (χ0) is 39.7. The maximum Gasteiger partial charge on any atom is 0.262 e. The Morgan fingerprint density at radius 3 is 2.37 bits per heavy atom. The van der Waals surface area contributed by atoms with E-state index in [0.717, 1.165) is 47.9 Å². The van der Waals surface area contributed by atoms with Crippen molar-refractivity contribution in [3.05, 3.63) is 112 Å². The standard InChI is InChI=1S/C43H47N7O6S/c1-28-10-11-30(22-44-28)40-45-23-32(57-40)24-47-16-12-33(35(25-47)29-8-6-5-7-9-29)41(51)48-18-14-43(53,15-19-48)26-49-27-46-39-34(42(49)52)13-17-50(39)31-20-36(54-2)38(56-4)37(21-31)55-3/h5-11,13,17,20-23,27,33,35,53H,12,14-16,18-19,24-26H2,1-4H3/t33-,35+/m1/s1. The zero-order valence-electron chi connectivity index (χ0n) is 32.6. The Labute approximate surface area is 335 Å². The number of nitrogens with zero attached hydrogens (tertiary/aromatic N) is 7. The predicted molar refractivity (Wildman–Crippen MR) is 218 cm³/mol. The lowest BCUT2D eigenvalue weighted by molar-refractivity contribution is -0.142. The van der Waals surface area contributed by atoms with Crippen LogP contribution in [0.15, 0.2) is 90.4 Å². The van der Waals surface area contributed by atoms with Crippen molar-refractivity contribution in [2.75, 3.05) is 47.5 Å². The smallest absolute Gasteiger partial charge is 0.262 e. The maximum atomic E-state index is 14.3. The Bertz CT molecular complexity index is 2400. The fourth-order valence-electron chi connectivity index (χ4n) is 8.26. The first kappa shape index (κ1) is 38.3. The number of hydrogen-bond donors (Lipinski definition) is 1. The summed E-state index contributed by atoms with van der Waals surface area (Å²) < 4.78 is 19.8. The van der Waals surface area contributed by atoms with E-state index in [2.05, 4.69) is 38.1 Å². The summed E-state index contributed by atoms with van der Waals surface area (Å²) in [4.78, 5) is 47.4. The topological polar surface area (TPSA) is 137 Å². The first-order valence-corrected chi connectivity index (χ1v) is 20.0. The highest BCUT2D eigenvalue weighted by Gasteiger charge is 2.41. The Hall–Kier alpha value is -5.57. The van der Waals surface area contributed by atoms with Gasteiger partial charge in [-0.3, -0.25) is 24.0 Å². The van der Waals surface area contributed by atoms with Gasteiger partial charge in [-0.15, -0.1) is 11.3 Å². The van der Waals surface area contributed by atoms with Crippen LogP contribution in [0.3, 0.4) is 0 Å². The third-order valence-electron chi connectivity index (χ3n) is 11.4. The van der Waals surface area contributed by atoms with Gasteiger partial charge in [0.05, 0.1) is 44.5 Å². The van der Waals surface area contributed by atoms with Crippen LogP contribution in [0.5, 0.6) is 17.2 Å². The average molecular weight is 790 g/mol. The number of fused-ring (bicyclic) bond motifs is 1. The molecule has 8 rings (SSSR count). The fraction of sp³-hybridized carbons (Fsp3) is 0.372. The highest BCUT2D eigenvalue weighted by molar-refractivity contribution is 7.15. The minimum Gasteiger partial charge on any atom is -0.493 e. The fourth-order valence-corrected chi connectivity index (χ4v) is 9.20. The van der Waals surface area contributed by atoms with Gasteiger partial charge in [0.25, 0.3) is 5.56 Å². The molecule has 13 nitrogen and oxygen atoms in total. The van der Waals surface area contributed by atoms with Crippen molar-refractivity contribution in [1.29, 1.82) is 0 Å². The second-order valence-corrected chi connectivity index (χ2v) is 16.1. The van der Waals surface area contributed by atoms with Gasteiger partial charge in [0.2, 0.25) is 11.7 Å². The van der Waals surface area contributed by atoms with E-state index >= 15 is 0 Å². The molecule has 1 N–H and O–H groups in total. The summed E-state index contributed by atoms with van der Waals surface area (Å²) in [6.07, 6.45) is 8.54. The van der Waals surface area contributed by atoms with Crippen molar-refractivity contribution in [2.45, 2.75) is 50.8 Å². The molecule has 2 aliphatic rings. The molecule has 2 saturated heterocycles. The van der Waals surface area contributed by atoms with Gasteiger partial charge in [0.1, 0.15) is 11.3 Å². The molecule has 1 amide bonds. The lowest BCUT2D eigenvalue weighted by Gasteiger charge is -2.43. The van der Waals surface area contributed by atoms with Crippen molar-refractivity contribution in [1.82, 2.24) is 33.9 Å². The number of piperidine rings is 2. The Morgan fingerprint density at radius 1 is 0.930 bits per heavy atom. The second-order valence-electron chi connectivity index (χ2n) is 15.0. The molecule has 0 spiro atoms. The van der Waals surface area contributed by atoms with Crippen molar-refractivity contribution < 1.29 is 24.1 Å². The van der Waals surface area contributed by atoms with Gasteiger partial charge < -0.3 is 28.8 Å². The van der Waals surface area contributed by atoms with E-state index in [4.69, 9.17) is 14.2 Å². The van der Waals surface area contributed by atoms with Crippen LogP contribution in [-0.2, 0) is 17.9 Å². The van der Waals surface area contributed by atoms with Crippen LogP contribution in [0.1, 0.15) is 41.3 Å². The highest BCUT2D eigenvalue weighted by Crippen LogP contribution is 2.40. The normalized spacial score (nSPS) is 18.4.